The quantitative estimate of drug-likeness (QED) is 0.867. The molecule has 7 nitrogen and oxygen atoms in total. The molecule has 2 aromatic rings. The summed E-state index contributed by atoms with van der Waals surface area (Å²) in [5, 5.41) is 7.18. The number of hydrogen-bond acceptors (Lipinski definition) is 5. The lowest BCUT2D eigenvalue weighted by Crippen LogP contribution is -2.60. The van der Waals surface area contributed by atoms with Crippen molar-refractivity contribution in [3.63, 3.8) is 0 Å². The number of piperazine rings is 1. The number of nitrogens with zero attached hydrogens (tertiary/aromatic N) is 3. The number of nitrogens with one attached hydrogen (secondary N) is 1. The fraction of sp³-hybridized carbons (Fsp3) is 0.533. The molecule has 1 aliphatic rings. The summed E-state index contributed by atoms with van der Waals surface area (Å²) in [5.74, 6) is -0.354. The van der Waals surface area contributed by atoms with Gasteiger partial charge in [0.15, 0.2) is 0 Å². The third kappa shape index (κ3) is 3.73. The molecule has 0 bridgehead atoms. The van der Waals surface area contributed by atoms with Crippen molar-refractivity contribution >= 4 is 26.6 Å². The van der Waals surface area contributed by atoms with Gasteiger partial charge in [0.2, 0.25) is 10.0 Å². The lowest BCUT2D eigenvalue weighted by atomic mass is 10.0. The van der Waals surface area contributed by atoms with E-state index in [1.807, 2.05) is 4.90 Å². The summed E-state index contributed by atoms with van der Waals surface area (Å²) in [6.45, 7) is 4.45. The molecular formula is C15H19F3N4O3S. The van der Waals surface area contributed by atoms with Gasteiger partial charge in [-0.1, -0.05) is 0 Å². The van der Waals surface area contributed by atoms with Crippen molar-refractivity contribution in [1.82, 2.24) is 14.5 Å². The number of H-pyrrole nitrogens is 1. The lowest BCUT2D eigenvalue weighted by molar-refractivity contribution is -0.274. The van der Waals surface area contributed by atoms with Gasteiger partial charge in [0.1, 0.15) is 5.75 Å². The molecule has 0 unspecified atom stereocenters. The van der Waals surface area contributed by atoms with E-state index in [0.717, 1.165) is 6.26 Å². The zero-order chi connectivity index (χ0) is 19.3. The molecule has 0 saturated carbocycles. The molecule has 0 spiro atoms. The second-order valence-electron chi connectivity index (χ2n) is 6.89. The minimum absolute atomic E-state index is 0.232. The van der Waals surface area contributed by atoms with Crippen LogP contribution in [0.15, 0.2) is 18.3 Å². The Labute approximate surface area is 148 Å². The fourth-order valence-corrected chi connectivity index (χ4v) is 4.79. The highest BCUT2D eigenvalue weighted by Crippen LogP contribution is 2.36. The van der Waals surface area contributed by atoms with Gasteiger partial charge < -0.3 is 9.64 Å². The van der Waals surface area contributed by atoms with Gasteiger partial charge in [0.05, 0.1) is 23.7 Å². The highest BCUT2D eigenvalue weighted by atomic mass is 32.2. The van der Waals surface area contributed by atoms with Crippen LogP contribution in [0.1, 0.15) is 13.8 Å². The van der Waals surface area contributed by atoms with E-state index >= 15 is 0 Å². The minimum Gasteiger partial charge on any atom is -0.406 e. The first-order valence-corrected chi connectivity index (χ1v) is 9.67. The molecule has 1 fully saturated rings. The average molecular weight is 392 g/mol. The fourth-order valence-electron chi connectivity index (χ4n) is 3.42. The van der Waals surface area contributed by atoms with Gasteiger partial charge in [0, 0.05) is 42.7 Å². The number of ether oxygens (including phenoxy) is 1. The Morgan fingerprint density at radius 1 is 1.27 bits per heavy atom. The van der Waals surface area contributed by atoms with Crippen LogP contribution in [-0.4, -0.2) is 60.7 Å². The maximum absolute atomic E-state index is 12.6. The largest absolute Gasteiger partial charge is 0.573 e. The van der Waals surface area contributed by atoms with E-state index in [1.165, 1.54) is 22.6 Å². The number of aromatic nitrogens is 2. The second-order valence-corrected chi connectivity index (χ2v) is 8.80. The topological polar surface area (TPSA) is 78.5 Å². The molecule has 1 aromatic heterocycles. The first-order valence-electron chi connectivity index (χ1n) is 7.82. The number of alkyl halides is 3. The van der Waals surface area contributed by atoms with Crippen molar-refractivity contribution in [3.8, 4) is 5.75 Å². The number of aromatic amines is 1. The maximum atomic E-state index is 12.6. The van der Waals surface area contributed by atoms with Gasteiger partial charge in [-0.3, -0.25) is 5.10 Å². The summed E-state index contributed by atoms with van der Waals surface area (Å²) < 4.78 is 67.2. The average Bonchev–Trinajstić information content (AvgIpc) is 2.90. The number of hydrogen-bond donors (Lipinski definition) is 1. The van der Waals surface area contributed by atoms with Crippen LogP contribution < -0.4 is 9.64 Å². The molecule has 0 amide bonds. The summed E-state index contributed by atoms with van der Waals surface area (Å²) in [4.78, 5) is 1.85. The monoisotopic (exact) mass is 392 g/mol. The SMILES string of the molecule is CC1(C)CN(c2cc(OC(F)(F)F)cc3[nH]ncc23)CCN1S(C)(=O)=O. The summed E-state index contributed by atoms with van der Waals surface area (Å²) in [6, 6.07) is 2.54. The Balaban J connectivity index is 1.99. The highest BCUT2D eigenvalue weighted by Gasteiger charge is 2.39. The van der Waals surface area contributed by atoms with Gasteiger partial charge >= 0.3 is 6.36 Å². The van der Waals surface area contributed by atoms with Crippen LogP contribution in [0.5, 0.6) is 5.75 Å². The lowest BCUT2D eigenvalue weighted by Gasteiger charge is -2.46. The molecule has 0 atom stereocenters. The number of halogens is 3. The summed E-state index contributed by atoms with van der Waals surface area (Å²) >= 11 is 0. The van der Waals surface area contributed by atoms with Crippen molar-refractivity contribution < 1.29 is 26.3 Å². The summed E-state index contributed by atoms with van der Waals surface area (Å²) in [6.07, 6.45) is -2.13. The molecule has 1 aromatic carbocycles. The summed E-state index contributed by atoms with van der Waals surface area (Å²) in [5.41, 5.74) is 0.199. The second kappa shape index (κ2) is 6.02. The Kier molecular flexibility index (Phi) is 4.34. The number of rotatable bonds is 3. The molecule has 1 aliphatic heterocycles. The highest BCUT2D eigenvalue weighted by molar-refractivity contribution is 7.88. The standard InChI is InChI=1S/C15H19F3N4O3S/c1-14(2)9-21(4-5-22(14)26(3,23)24)13-7-10(25-15(16,17)18)6-12-11(13)8-19-20-12/h6-8H,4-5,9H2,1-3H3,(H,19,20). The number of sulfonamides is 1. The third-order valence-electron chi connectivity index (χ3n) is 4.31. The molecule has 1 N–H and O–H groups in total. The molecule has 1 saturated heterocycles. The molecule has 26 heavy (non-hydrogen) atoms. The molecule has 0 radical (unpaired) electrons. The van der Waals surface area contributed by atoms with Crippen molar-refractivity contribution in [3.05, 3.63) is 18.3 Å². The summed E-state index contributed by atoms with van der Waals surface area (Å²) in [7, 11) is -3.39. The molecule has 2 heterocycles. The van der Waals surface area contributed by atoms with Gasteiger partial charge in [-0.2, -0.15) is 9.40 Å². The van der Waals surface area contributed by atoms with E-state index in [4.69, 9.17) is 0 Å². The maximum Gasteiger partial charge on any atom is 0.573 e. The normalized spacial score (nSPS) is 19.1. The molecule has 0 aliphatic carbocycles. The smallest absolute Gasteiger partial charge is 0.406 e. The Morgan fingerprint density at radius 3 is 2.54 bits per heavy atom. The van der Waals surface area contributed by atoms with Crippen LogP contribution in [0.2, 0.25) is 0 Å². The van der Waals surface area contributed by atoms with E-state index in [2.05, 4.69) is 14.9 Å². The Bertz CT molecular complexity index is 924. The van der Waals surface area contributed by atoms with Crippen molar-refractivity contribution in [2.75, 3.05) is 30.8 Å². The molecule has 11 heteroatoms. The third-order valence-corrected chi connectivity index (χ3v) is 5.79. The van der Waals surface area contributed by atoms with Crippen LogP contribution >= 0.6 is 0 Å². The van der Waals surface area contributed by atoms with Crippen molar-refractivity contribution in [2.24, 2.45) is 0 Å². The van der Waals surface area contributed by atoms with Gasteiger partial charge in [0.25, 0.3) is 0 Å². The Hall–Kier alpha value is -2.01. The number of fused-ring (bicyclic) bond motifs is 1. The van der Waals surface area contributed by atoms with Gasteiger partial charge in [-0.05, 0) is 13.8 Å². The van der Waals surface area contributed by atoms with Crippen LogP contribution in [0.25, 0.3) is 10.9 Å². The van der Waals surface area contributed by atoms with E-state index in [1.54, 1.807) is 13.8 Å². The van der Waals surface area contributed by atoms with E-state index in [0.29, 0.717) is 29.7 Å². The number of anilines is 1. The van der Waals surface area contributed by atoms with Crippen molar-refractivity contribution in [2.45, 2.75) is 25.7 Å². The van der Waals surface area contributed by atoms with Crippen molar-refractivity contribution in [1.29, 1.82) is 0 Å². The van der Waals surface area contributed by atoms with Crippen LogP contribution in [-0.2, 0) is 10.0 Å². The van der Waals surface area contributed by atoms with Crippen LogP contribution in [0.4, 0.5) is 18.9 Å². The predicted molar refractivity (Wildman–Crippen MR) is 90.6 cm³/mol. The Morgan fingerprint density at radius 2 is 1.96 bits per heavy atom. The van der Waals surface area contributed by atoms with Crippen LogP contribution in [0.3, 0.4) is 0 Å². The zero-order valence-corrected chi connectivity index (χ0v) is 15.3. The molecular weight excluding hydrogens is 373 g/mol. The van der Waals surface area contributed by atoms with E-state index in [-0.39, 0.29) is 12.3 Å². The zero-order valence-electron chi connectivity index (χ0n) is 14.5. The van der Waals surface area contributed by atoms with Gasteiger partial charge in [-0.15, -0.1) is 13.2 Å². The number of benzene rings is 1. The van der Waals surface area contributed by atoms with E-state index in [9.17, 15) is 21.6 Å². The first kappa shape index (κ1) is 18.8. The molecule has 3 rings (SSSR count). The minimum atomic E-state index is -4.81. The molecule has 144 valence electrons. The first-order chi connectivity index (χ1) is 11.9. The van der Waals surface area contributed by atoms with Gasteiger partial charge in [-0.25, -0.2) is 8.42 Å². The van der Waals surface area contributed by atoms with Crippen LogP contribution in [0, 0.1) is 0 Å². The van der Waals surface area contributed by atoms with E-state index < -0.39 is 21.9 Å². The predicted octanol–water partition coefficient (Wildman–Crippen LogP) is 2.32.